The number of aliphatic hydroxyl groups is 1. The highest BCUT2D eigenvalue weighted by atomic mass is 79.9. The van der Waals surface area contributed by atoms with Gasteiger partial charge in [0.2, 0.25) is 5.78 Å². The molecule has 1 aromatic carbocycles. The molecule has 148 valence electrons. The summed E-state index contributed by atoms with van der Waals surface area (Å²) < 4.78 is 12.2. The van der Waals surface area contributed by atoms with Crippen LogP contribution in [0.4, 0.5) is 0 Å². The van der Waals surface area contributed by atoms with Crippen molar-refractivity contribution in [3.63, 3.8) is 0 Å². The van der Waals surface area contributed by atoms with Crippen molar-refractivity contribution < 1.29 is 23.5 Å². The molecule has 1 amide bonds. The van der Waals surface area contributed by atoms with E-state index in [-0.39, 0.29) is 17.4 Å². The van der Waals surface area contributed by atoms with Crippen molar-refractivity contribution in [2.75, 3.05) is 0 Å². The summed E-state index contributed by atoms with van der Waals surface area (Å²) in [6.07, 6.45) is 5.22. The number of hydrogen-bond donors (Lipinski definition) is 1. The number of aliphatic hydroxyl groups excluding tert-OH is 1. The standard InChI is InChI=1S/C22H18BrNO5/c23-13-7-8-15-12(10-13)11-17(29-15)20(25)18-19(16-6-3-9-28-16)24(22(27)21(18)26)14-4-1-2-5-14/h3,6-11,14,19,26H,1-2,4-5H2. The lowest BCUT2D eigenvalue weighted by Gasteiger charge is -2.30. The zero-order valence-electron chi connectivity index (χ0n) is 15.4. The zero-order chi connectivity index (χ0) is 20.1. The Kier molecular flexibility index (Phi) is 4.35. The first-order chi connectivity index (χ1) is 14.0. The van der Waals surface area contributed by atoms with Crippen LogP contribution in [0.1, 0.15) is 48.0 Å². The average Bonchev–Trinajstić information content (AvgIpc) is 3.48. The van der Waals surface area contributed by atoms with E-state index in [1.54, 1.807) is 29.2 Å². The molecular weight excluding hydrogens is 438 g/mol. The minimum Gasteiger partial charge on any atom is -0.503 e. The third-order valence-electron chi connectivity index (χ3n) is 5.72. The van der Waals surface area contributed by atoms with Crippen LogP contribution in [-0.4, -0.2) is 27.7 Å². The van der Waals surface area contributed by atoms with E-state index >= 15 is 0 Å². The predicted molar refractivity (Wildman–Crippen MR) is 108 cm³/mol. The summed E-state index contributed by atoms with van der Waals surface area (Å²) in [4.78, 5) is 27.9. The maximum absolute atomic E-state index is 13.4. The lowest BCUT2D eigenvalue weighted by molar-refractivity contribution is -0.132. The number of ketones is 1. The van der Waals surface area contributed by atoms with Crippen molar-refractivity contribution in [1.82, 2.24) is 4.90 Å². The molecule has 0 radical (unpaired) electrons. The molecular formula is C22H18BrNO5. The highest BCUT2D eigenvalue weighted by Crippen LogP contribution is 2.43. The number of amides is 1. The maximum Gasteiger partial charge on any atom is 0.290 e. The quantitative estimate of drug-likeness (QED) is 0.538. The zero-order valence-corrected chi connectivity index (χ0v) is 17.0. The van der Waals surface area contributed by atoms with Crippen LogP contribution in [0, 0.1) is 0 Å². The SMILES string of the molecule is O=C(C1=C(O)C(=O)N(C2CCCC2)C1c1ccco1)c1cc2cc(Br)ccc2o1. The summed E-state index contributed by atoms with van der Waals surface area (Å²) in [5.41, 5.74) is 0.568. The molecule has 1 aliphatic heterocycles. The van der Waals surface area contributed by atoms with Gasteiger partial charge >= 0.3 is 0 Å². The first kappa shape index (κ1) is 18.2. The van der Waals surface area contributed by atoms with Crippen molar-refractivity contribution in [2.45, 2.75) is 37.8 Å². The lowest BCUT2D eigenvalue weighted by Crippen LogP contribution is -2.38. The van der Waals surface area contributed by atoms with Gasteiger partial charge in [-0.25, -0.2) is 0 Å². The highest BCUT2D eigenvalue weighted by Gasteiger charge is 2.48. The molecule has 29 heavy (non-hydrogen) atoms. The number of Topliss-reactive ketones (excluding diaryl/α,β-unsaturated/α-hetero) is 1. The Morgan fingerprint density at radius 3 is 2.69 bits per heavy atom. The molecule has 1 unspecified atom stereocenters. The molecule has 0 spiro atoms. The van der Waals surface area contributed by atoms with Crippen LogP contribution < -0.4 is 0 Å². The Labute approximate surface area is 174 Å². The first-order valence-corrected chi connectivity index (χ1v) is 10.4. The fourth-order valence-electron chi connectivity index (χ4n) is 4.40. The number of fused-ring (bicyclic) bond motifs is 1. The van der Waals surface area contributed by atoms with Gasteiger partial charge in [-0.1, -0.05) is 28.8 Å². The van der Waals surface area contributed by atoms with Crippen molar-refractivity contribution in [3.05, 3.63) is 70.0 Å². The fraction of sp³-hybridized carbons (Fsp3) is 0.273. The number of benzene rings is 1. The molecule has 3 aromatic rings. The fourth-order valence-corrected chi connectivity index (χ4v) is 4.78. The van der Waals surface area contributed by atoms with Gasteiger partial charge in [-0.05, 0) is 49.2 Å². The van der Waals surface area contributed by atoms with Crippen molar-refractivity contribution in [1.29, 1.82) is 0 Å². The number of carbonyl (C=O) groups is 2. The first-order valence-electron chi connectivity index (χ1n) is 9.57. The van der Waals surface area contributed by atoms with E-state index in [2.05, 4.69) is 15.9 Å². The van der Waals surface area contributed by atoms with Crippen LogP contribution in [-0.2, 0) is 4.79 Å². The number of furan rings is 2. The number of carbonyl (C=O) groups excluding carboxylic acids is 2. The minimum atomic E-state index is -0.756. The summed E-state index contributed by atoms with van der Waals surface area (Å²) in [6, 6.07) is 9.71. The van der Waals surface area contributed by atoms with E-state index in [0.717, 1.165) is 35.5 Å². The van der Waals surface area contributed by atoms with Crippen LogP contribution in [0.15, 0.2) is 67.3 Å². The van der Waals surface area contributed by atoms with Gasteiger partial charge in [-0.3, -0.25) is 9.59 Å². The van der Waals surface area contributed by atoms with Gasteiger partial charge in [-0.15, -0.1) is 0 Å². The van der Waals surface area contributed by atoms with E-state index in [1.807, 2.05) is 12.1 Å². The van der Waals surface area contributed by atoms with Crippen molar-refractivity contribution in [3.8, 4) is 0 Å². The summed E-state index contributed by atoms with van der Waals surface area (Å²) in [5, 5.41) is 11.4. The van der Waals surface area contributed by atoms with Gasteiger partial charge in [0.05, 0.1) is 11.8 Å². The Morgan fingerprint density at radius 1 is 1.17 bits per heavy atom. The van der Waals surface area contributed by atoms with Crippen LogP contribution >= 0.6 is 15.9 Å². The van der Waals surface area contributed by atoms with Gasteiger partial charge < -0.3 is 18.8 Å². The maximum atomic E-state index is 13.4. The molecule has 0 bridgehead atoms. The smallest absolute Gasteiger partial charge is 0.290 e. The van der Waals surface area contributed by atoms with Crippen molar-refractivity contribution in [2.24, 2.45) is 0 Å². The van der Waals surface area contributed by atoms with Crippen LogP contribution in [0.2, 0.25) is 0 Å². The Balaban J connectivity index is 1.60. The summed E-state index contributed by atoms with van der Waals surface area (Å²) in [5.74, 6) is -1.02. The molecule has 1 aliphatic carbocycles. The third kappa shape index (κ3) is 2.92. The summed E-state index contributed by atoms with van der Waals surface area (Å²) in [7, 11) is 0. The summed E-state index contributed by atoms with van der Waals surface area (Å²) in [6.45, 7) is 0. The lowest BCUT2D eigenvalue weighted by atomic mass is 9.98. The van der Waals surface area contributed by atoms with Gasteiger partial charge in [0, 0.05) is 15.9 Å². The minimum absolute atomic E-state index is 0.00923. The monoisotopic (exact) mass is 455 g/mol. The second-order valence-corrected chi connectivity index (χ2v) is 8.37. The number of nitrogens with zero attached hydrogens (tertiary/aromatic N) is 1. The Hall–Kier alpha value is -2.80. The molecule has 1 atom stereocenters. The molecule has 2 aromatic heterocycles. The van der Waals surface area contributed by atoms with Gasteiger partial charge in [-0.2, -0.15) is 0 Å². The molecule has 7 heteroatoms. The van der Waals surface area contributed by atoms with Crippen molar-refractivity contribution >= 4 is 38.6 Å². The average molecular weight is 456 g/mol. The molecule has 3 heterocycles. The van der Waals surface area contributed by atoms with Gasteiger partial charge in [0.25, 0.3) is 5.91 Å². The number of rotatable bonds is 4. The van der Waals surface area contributed by atoms with Gasteiger partial charge in [0.1, 0.15) is 17.4 Å². The molecule has 6 nitrogen and oxygen atoms in total. The largest absolute Gasteiger partial charge is 0.503 e. The van der Waals surface area contributed by atoms with E-state index in [0.29, 0.717) is 11.3 Å². The topological polar surface area (TPSA) is 83.9 Å². The number of halogens is 1. The molecule has 2 aliphatic rings. The normalized spacial score (nSPS) is 20.4. The second kappa shape index (κ2) is 6.91. The van der Waals surface area contributed by atoms with Crippen LogP contribution in [0.5, 0.6) is 0 Å². The van der Waals surface area contributed by atoms with E-state index in [9.17, 15) is 14.7 Å². The van der Waals surface area contributed by atoms with E-state index < -0.39 is 23.5 Å². The van der Waals surface area contributed by atoms with E-state index in [4.69, 9.17) is 8.83 Å². The van der Waals surface area contributed by atoms with Crippen LogP contribution in [0.25, 0.3) is 11.0 Å². The number of hydrogen-bond acceptors (Lipinski definition) is 5. The highest BCUT2D eigenvalue weighted by molar-refractivity contribution is 9.10. The Morgan fingerprint density at radius 2 is 1.97 bits per heavy atom. The molecule has 1 fully saturated rings. The van der Waals surface area contributed by atoms with E-state index in [1.165, 1.54) is 6.26 Å². The molecule has 0 saturated heterocycles. The molecule has 1 N–H and O–H groups in total. The van der Waals surface area contributed by atoms with Crippen LogP contribution in [0.3, 0.4) is 0 Å². The molecule has 1 saturated carbocycles. The molecule has 5 rings (SSSR count). The summed E-state index contributed by atoms with van der Waals surface area (Å²) >= 11 is 3.40. The predicted octanol–water partition coefficient (Wildman–Crippen LogP) is 5.31. The van der Waals surface area contributed by atoms with Gasteiger partial charge in [0.15, 0.2) is 11.5 Å². The second-order valence-electron chi connectivity index (χ2n) is 7.45. The Bertz CT molecular complexity index is 1140. The third-order valence-corrected chi connectivity index (χ3v) is 6.21.